The van der Waals surface area contributed by atoms with E-state index in [0.717, 1.165) is 11.3 Å². The van der Waals surface area contributed by atoms with Gasteiger partial charge in [0, 0.05) is 26.2 Å². The van der Waals surface area contributed by atoms with E-state index < -0.39 is 15.6 Å². The molecule has 0 bridgehead atoms. The lowest BCUT2D eigenvalue weighted by Crippen LogP contribution is -2.25. The molecule has 0 spiro atoms. The normalized spacial score (nSPS) is 13.5. The van der Waals surface area contributed by atoms with Gasteiger partial charge in [-0.2, -0.15) is 0 Å². The molecule has 168 valence electrons. The molecule has 1 aliphatic rings. The van der Waals surface area contributed by atoms with E-state index in [1.54, 1.807) is 40.9 Å². The Hall–Kier alpha value is -3.33. The second-order valence-electron chi connectivity index (χ2n) is 8.21. The Balaban J connectivity index is 1.78. The van der Waals surface area contributed by atoms with Crippen molar-refractivity contribution in [2.24, 2.45) is 7.05 Å². The number of aromatic nitrogens is 2. The van der Waals surface area contributed by atoms with E-state index in [1.807, 2.05) is 32.0 Å². The van der Waals surface area contributed by atoms with Crippen LogP contribution < -0.4 is 15.2 Å². The minimum Gasteiger partial charge on any atom is -0.312 e. The predicted molar refractivity (Wildman–Crippen MR) is 124 cm³/mol. The van der Waals surface area contributed by atoms with Crippen LogP contribution in [0.5, 0.6) is 0 Å². The number of carbonyl (C=O) groups is 1. The van der Waals surface area contributed by atoms with Gasteiger partial charge in [-0.1, -0.05) is 32.0 Å². The van der Waals surface area contributed by atoms with E-state index in [9.17, 15) is 18.0 Å². The lowest BCUT2D eigenvalue weighted by molar-refractivity contribution is -0.116. The number of benzene rings is 2. The molecular weight excluding hydrogens is 428 g/mol. The number of sulfonamides is 1. The number of para-hydroxylation sites is 1. The summed E-state index contributed by atoms with van der Waals surface area (Å²) >= 11 is 0. The van der Waals surface area contributed by atoms with Gasteiger partial charge in [0.05, 0.1) is 16.3 Å². The SMILES string of the molecule is CC(=O)N1CCc2cc(S(=O)(=O)Nc3c(C(C)C)n(C)n(-c4ccccc4)c3=O)ccc21. The number of carbonyl (C=O) groups excluding carboxylic acids is 1. The first-order chi connectivity index (χ1) is 15.1. The largest absolute Gasteiger partial charge is 0.312 e. The maximum atomic E-state index is 13.3. The molecule has 4 rings (SSSR count). The lowest BCUT2D eigenvalue weighted by Gasteiger charge is -2.15. The zero-order chi connectivity index (χ0) is 23.2. The minimum atomic E-state index is -4.02. The molecule has 8 nitrogen and oxygen atoms in total. The first-order valence-electron chi connectivity index (χ1n) is 10.4. The predicted octanol–water partition coefficient (Wildman–Crippen LogP) is 3.01. The zero-order valence-corrected chi connectivity index (χ0v) is 19.3. The van der Waals surface area contributed by atoms with Gasteiger partial charge in [-0.3, -0.25) is 19.0 Å². The van der Waals surface area contributed by atoms with Gasteiger partial charge in [0.1, 0.15) is 5.69 Å². The number of fused-ring (bicyclic) bond motifs is 1. The molecule has 3 aromatic rings. The maximum Gasteiger partial charge on any atom is 0.296 e. The van der Waals surface area contributed by atoms with Crippen molar-refractivity contribution in [1.29, 1.82) is 0 Å². The smallest absolute Gasteiger partial charge is 0.296 e. The van der Waals surface area contributed by atoms with Crippen LogP contribution in [-0.2, 0) is 28.3 Å². The fraction of sp³-hybridized carbons (Fsp3) is 0.304. The molecule has 1 aliphatic heterocycles. The molecule has 2 aromatic carbocycles. The number of nitrogens with zero attached hydrogens (tertiary/aromatic N) is 3. The number of nitrogens with one attached hydrogen (secondary N) is 1. The van der Waals surface area contributed by atoms with Crippen LogP contribution in [0.25, 0.3) is 5.69 Å². The Kier molecular flexibility index (Phi) is 5.46. The van der Waals surface area contributed by atoms with Gasteiger partial charge < -0.3 is 4.90 Å². The summed E-state index contributed by atoms with van der Waals surface area (Å²) in [6, 6.07) is 13.8. The van der Waals surface area contributed by atoms with E-state index in [-0.39, 0.29) is 22.4 Å². The van der Waals surface area contributed by atoms with E-state index in [1.165, 1.54) is 17.7 Å². The highest BCUT2D eigenvalue weighted by atomic mass is 32.2. The molecule has 1 aromatic heterocycles. The van der Waals surface area contributed by atoms with Crippen LogP contribution in [0.1, 0.15) is 37.9 Å². The number of hydrogen-bond acceptors (Lipinski definition) is 4. The highest BCUT2D eigenvalue weighted by Crippen LogP contribution is 2.31. The molecule has 0 aliphatic carbocycles. The molecule has 32 heavy (non-hydrogen) atoms. The summed E-state index contributed by atoms with van der Waals surface area (Å²) in [5.41, 5.74) is 2.36. The summed E-state index contributed by atoms with van der Waals surface area (Å²) in [7, 11) is -2.27. The highest BCUT2D eigenvalue weighted by Gasteiger charge is 2.28. The van der Waals surface area contributed by atoms with Gasteiger partial charge in [-0.05, 0) is 48.2 Å². The zero-order valence-electron chi connectivity index (χ0n) is 18.5. The van der Waals surface area contributed by atoms with Crippen molar-refractivity contribution < 1.29 is 13.2 Å². The molecule has 2 heterocycles. The topological polar surface area (TPSA) is 93.4 Å². The van der Waals surface area contributed by atoms with Crippen molar-refractivity contribution >= 4 is 27.3 Å². The molecule has 1 N–H and O–H groups in total. The van der Waals surface area contributed by atoms with Crippen molar-refractivity contribution in [2.75, 3.05) is 16.2 Å². The van der Waals surface area contributed by atoms with E-state index in [2.05, 4.69) is 4.72 Å². The summed E-state index contributed by atoms with van der Waals surface area (Å²) in [5, 5.41) is 0. The molecule has 0 radical (unpaired) electrons. The summed E-state index contributed by atoms with van der Waals surface area (Å²) < 4.78 is 32.2. The van der Waals surface area contributed by atoms with E-state index >= 15 is 0 Å². The van der Waals surface area contributed by atoms with Crippen LogP contribution >= 0.6 is 0 Å². The molecule has 0 unspecified atom stereocenters. The van der Waals surface area contributed by atoms with Crippen molar-refractivity contribution in [3.05, 3.63) is 70.1 Å². The van der Waals surface area contributed by atoms with Crippen LogP contribution in [0.3, 0.4) is 0 Å². The summed E-state index contributed by atoms with van der Waals surface area (Å²) in [4.78, 5) is 26.8. The Morgan fingerprint density at radius 3 is 2.41 bits per heavy atom. The summed E-state index contributed by atoms with van der Waals surface area (Å²) in [6.45, 7) is 5.84. The Morgan fingerprint density at radius 1 is 1.09 bits per heavy atom. The monoisotopic (exact) mass is 454 g/mol. The molecule has 1 amide bonds. The molecular formula is C23H26N4O4S. The fourth-order valence-electron chi connectivity index (χ4n) is 4.30. The van der Waals surface area contributed by atoms with Crippen LogP contribution in [0.4, 0.5) is 11.4 Å². The van der Waals surface area contributed by atoms with Gasteiger partial charge >= 0.3 is 0 Å². The van der Waals surface area contributed by atoms with Crippen LogP contribution in [0.15, 0.2) is 58.2 Å². The highest BCUT2D eigenvalue weighted by molar-refractivity contribution is 7.92. The quantitative estimate of drug-likeness (QED) is 0.641. The summed E-state index contributed by atoms with van der Waals surface area (Å²) in [5.74, 6) is -0.177. The van der Waals surface area contributed by atoms with Gasteiger partial charge in [0.15, 0.2) is 0 Å². The van der Waals surface area contributed by atoms with E-state index in [0.29, 0.717) is 24.3 Å². The summed E-state index contributed by atoms with van der Waals surface area (Å²) in [6.07, 6.45) is 0.585. The third-order valence-electron chi connectivity index (χ3n) is 5.73. The lowest BCUT2D eigenvalue weighted by atomic mass is 10.1. The maximum absolute atomic E-state index is 13.3. The molecule has 0 saturated carbocycles. The first kappa shape index (κ1) is 21.9. The van der Waals surface area contributed by atoms with Gasteiger partial charge in [0.25, 0.3) is 15.6 Å². The Bertz CT molecular complexity index is 1350. The molecule has 0 saturated heterocycles. The molecule has 0 fully saturated rings. The average Bonchev–Trinajstić information content (AvgIpc) is 3.27. The van der Waals surface area contributed by atoms with Gasteiger partial charge in [-0.25, -0.2) is 13.1 Å². The van der Waals surface area contributed by atoms with Crippen LogP contribution in [-0.4, -0.2) is 30.2 Å². The van der Waals surface area contributed by atoms with Crippen molar-refractivity contribution in [3.8, 4) is 5.69 Å². The van der Waals surface area contributed by atoms with Crippen molar-refractivity contribution in [1.82, 2.24) is 9.36 Å². The van der Waals surface area contributed by atoms with Crippen LogP contribution in [0, 0.1) is 0 Å². The van der Waals surface area contributed by atoms with Crippen molar-refractivity contribution in [2.45, 2.75) is 38.0 Å². The standard InChI is InChI=1S/C23H26N4O4S/c1-15(2)22-21(23(29)27(25(22)4)18-8-6-5-7-9-18)24-32(30,31)19-10-11-20-17(14-19)12-13-26(20)16(3)28/h5-11,14-15,24H,12-13H2,1-4H3. The van der Waals surface area contributed by atoms with Crippen molar-refractivity contribution in [3.63, 3.8) is 0 Å². The number of rotatable bonds is 5. The fourth-order valence-corrected chi connectivity index (χ4v) is 5.43. The average molecular weight is 455 g/mol. The van der Waals surface area contributed by atoms with Gasteiger partial charge in [0.2, 0.25) is 5.91 Å². The molecule has 9 heteroatoms. The number of hydrogen-bond donors (Lipinski definition) is 1. The number of anilines is 2. The second-order valence-corrected chi connectivity index (χ2v) is 9.89. The third-order valence-corrected chi connectivity index (χ3v) is 7.08. The number of amides is 1. The van der Waals surface area contributed by atoms with E-state index in [4.69, 9.17) is 0 Å². The first-order valence-corrected chi connectivity index (χ1v) is 11.9. The minimum absolute atomic E-state index is 0.0391. The van der Waals surface area contributed by atoms with Crippen LogP contribution in [0.2, 0.25) is 0 Å². The second kappa shape index (κ2) is 7.98. The Morgan fingerprint density at radius 2 is 1.78 bits per heavy atom. The molecule has 0 atom stereocenters. The Labute approximate surface area is 187 Å². The third kappa shape index (κ3) is 3.62. The van der Waals surface area contributed by atoms with Gasteiger partial charge in [-0.15, -0.1) is 0 Å².